The van der Waals surface area contributed by atoms with Gasteiger partial charge >= 0.3 is 5.97 Å². The standard InChI is InChI=1S/C10H17N3O3/c1-10(5-11,6-14)8-7(9(15)16-3)4-12-13(8)2/h4,14H,5-6,11H2,1-3H3. The van der Waals surface area contributed by atoms with Crippen LogP contribution in [0.15, 0.2) is 6.20 Å². The number of aliphatic hydroxyl groups excluding tert-OH is 1. The first-order valence-electron chi connectivity index (χ1n) is 4.92. The molecule has 1 aromatic rings. The Morgan fingerprint density at radius 1 is 1.75 bits per heavy atom. The molecule has 6 heteroatoms. The Labute approximate surface area is 94.0 Å². The first-order valence-corrected chi connectivity index (χ1v) is 4.92. The van der Waals surface area contributed by atoms with E-state index in [0.717, 1.165) is 0 Å². The predicted octanol–water partition coefficient (Wildman–Crippen LogP) is -0.585. The molecule has 0 aliphatic carbocycles. The van der Waals surface area contributed by atoms with Crippen LogP contribution in [0.1, 0.15) is 23.0 Å². The Kier molecular flexibility index (Phi) is 3.66. The van der Waals surface area contributed by atoms with Gasteiger partial charge in [-0.3, -0.25) is 4.68 Å². The molecule has 3 N–H and O–H groups in total. The van der Waals surface area contributed by atoms with Gasteiger partial charge in [-0.1, -0.05) is 6.92 Å². The second-order valence-corrected chi connectivity index (χ2v) is 3.94. The van der Waals surface area contributed by atoms with Crippen LogP contribution < -0.4 is 5.73 Å². The van der Waals surface area contributed by atoms with Crippen molar-refractivity contribution in [2.24, 2.45) is 12.8 Å². The summed E-state index contributed by atoms with van der Waals surface area (Å²) in [6.45, 7) is 1.83. The highest BCUT2D eigenvalue weighted by atomic mass is 16.5. The minimum Gasteiger partial charge on any atom is -0.465 e. The number of methoxy groups -OCH3 is 1. The monoisotopic (exact) mass is 227 g/mol. The summed E-state index contributed by atoms with van der Waals surface area (Å²) in [6, 6.07) is 0. The summed E-state index contributed by atoms with van der Waals surface area (Å²) in [5, 5.41) is 13.4. The second kappa shape index (κ2) is 4.63. The van der Waals surface area contributed by atoms with Crippen LogP contribution in [-0.2, 0) is 17.2 Å². The Balaban J connectivity index is 3.31. The summed E-state index contributed by atoms with van der Waals surface area (Å²) in [5.74, 6) is -0.476. The first-order chi connectivity index (χ1) is 7.50. The fourth-order valence-corrected chi connectivity index (χ4v) is 1.65. The predicted molar refractivity (Wildman–Crippen MR) is 58.0 cm³/mol. The highest BCUT2D eigenvalue weighted by molar-refractivity contribution is 5.90. The van der Waals surface area contributed by atoms with E-state index in [0.29, 0.717) is 11.3 Å². The summed E-state index contributed by atoms with van der Waals surface area (Å²) in [6.07, 6.45) is 1.42. The zero-order valence-electron chi connectivity index (χ0n) is 9.73. The van der Waals surface area contributed by atoms with E-state index in [1.54, 1.807) is 14.0 Å². The van der Waals surface area contributed by atoms with Crippen LogP contribution in [0.4, 0.5) is 0 Å². The van der Waals surface area contributed by atoms with Crippen LogP contribution in [0, 0.1) is 0 Å². The zero-order valence-corrected chi connectivity index (χ0v) is 9.73. The van der Waals surface area contributed by atoms with Gasteiger partial charge in [0.2, 0.25) is 0 Å². The molecule has 0 spiro atoms. The number of esters is 1. The van der Waals surface area contributed by atoms with Gasteiger partial charge in [0.15, 0.2) is 0 Å². The molecule has 1 aromatic heterocycles. The topological polar surface area (TPSA) is 90.4 Å². The number of rotatable bonds is 4. The molecule has 1 atom stereocenters. The lowest BCUT2D eigenvalue weighted by atomic mass is 9.85. The summed E-state index contributed by atoms with van der Waals surface area (Å²) in [7, 11) is 3.00. The third-order valence-corrected chi connectivity index (χ3v) is 2.72. The number of aliphatic hydroxyl groups is 1. The zero-order chi connectivity index (χ0) is 12.3. The van der Waals surface area contributed by atoms with Gasteiger partial charge in [-0.25, -0.2) is 4.79 Å². The van der Waals surface area contributed by atoms with Crippen LogP contribution in [0.5, 0.6) is 0 Å². The van der Waals surface area contributed by atoms with Gasteiger partial charge in [-0.05, 0) is 0 Å². The molecule has 0 radical (unpaired) electrons. The molecule has 16 heavy (non-hydrogen) atoms. The van der Waals surface area contributed by atoms with Gasteiger partial charge in [0.1, 0.15) is 5.56 Å². The lowest BCUT2D eigenvalue weighted by molar-refractivity contribution is 0.0596. The number of hydrogen-bond acceptors (Lipinski definition) is 5. The summed E-state index contributed by atoms with van der Waals surface area (Å²) in [4.78, 5) is 11.5. The molecule has 1 rings (SSSR count). The lowest BCUT2D eigenvalue weighted by Gasteiger charge is -2.26. The number of aromatic nitrogens is 2. The van der Waals surface area contributed by atoms with E-state index in [1.807, 2.05) is 0 Å². The lowest BCUT2D eigenvalue weighted by Crippen LogP contribution is -2.38. The Morgan fingerprint density at radius 2 is 2.38 bits per heavy atom. The van der Waals surface area contributed by atoms with E-state index < -0.39 is 11.4 Å². The highest BCUT2D eigenvalue weighted by Crippen LogP contribution is 2.25. The fraction of sp³-hybridized carbons (Fsp3) is 0.600. The largest absolute Gasteiger partial charge is 0.465 e. The maximum absolute atomic E-state index is 11.5. The fourth-order valence-electron chi connectivity index (χ4n) is 1.65. The van der Waals surface area contributed by atoms with Crippen molar-refractivity contribution in [3.05, 3.63) is 17.5 Å². The summed E-state index contributed by atoms with van der Waals surface area (Å²) in [5.41, 5.74) is 5.86. The van der Waals surface area contributed by atoms with Gasteiger partial charge in [0, 0.05) is 19.0 Å². The average Bonchev–Trinajstić information content (AvgIpc) is 2.69. The van der Waals surface area contributed by atoms with Crippen molar-refractivity contribution in [2.75, 3.05) is 20.3 Å². The number of nitrogens with two attached hydrogens (primary N) is 1. The molecule has 6 nitrogen and oxygen atoms in total. The Hall–Kier alpha value is -1.40. The number of carbonyl (C=O) groups excluding carboxylic acids is 1. The van der Waals surface area contributed by atoms with E-state index in [2.05, 4.69) is 9.84 Å². The van der Waals surface area contributed by atoms with Crippen molar-refractivity contribution < 1.29 is 14.6 Å². The van der Waals surface area contributed by atoms with Crippen LogP contribution >= 0.6 is 0 Å². The summed E-state index contributed by atoms with van der Waals surface area (Å²) < 4.78 is 6.20. The maximum Gasteiger partial charge on any atom is 0.341 e. The molecular weight excluding hydrogens is 210 g/mol. The van der Waals surface area contributed by atoms with Gasteiger partial charge in [0.25, 0.3) is 0 Å². The van der Waals surface area contributed by atoms with Gasteiger partial charge < -0.3 is 15.6 Å². The SMILES string of the molecule is COC(=O)c1cnn(C)c1C(C)(CN)CO. The molecule has 0 aliphatic heterocycles. The molecular formula is C10H17N3O3. The number of nitrogens with zero attached hydrogens (tertiary/aromatic N) is 2. The minimum atomic E-state index is -0.700. The quantitative estimate of drug-likeness (QED) is 0.671. The molecule has 0 aromatic carbocycles. The highest BCUT2D eigenvalue weighted by Gasteiger charge is 2.33. The van der Waals surface area contributed by atoms with Gasteiger partial charge in [-0.2, -0.15) is 5.10 Å². The van der Waals surface area contributed by atoms with Crippen molar-refractivity contribution in [1.82, 2.24) is 9.78 Å². The molecule has 0 saturated carbocycles. The maximum atomic E-state index is 11.5. The van der Waals surface area contributed by atoms with Crippen LogP contribution in [-0.4, -0.2) is 41.1 Å². The third-order valence-electron chi connectivity index (χ3n) is 2.72. The Morgan fingerprint density at radius 3 is 2.81 bits per heavy atom. The van der Waals surface area contributed by atoms with Crippen LogP contribution in [0.25, 0.3) is 0 Å². The van der Waals surface area contributed by atoms with Crippen molar-refractivity contribution in [3.8, 4) is 0 Å². The summed E-state index contributed by atoms with van der Waals surface area (Å²) >= 11 is 0. The van der Waals surface area contributed by atoms with Crippen LogP contribution in [0.2, 0.25) is 0 Å². The van der Waals surface area contributed by atoms with Gasteiger partial charge in [-0.15, -0.1) is 0 Å². The van der Waals surface area contributed by atoms with Gasteiger partial charge in [0.05, 0.1) is 25.6 Å². The molecule has 0 amide bonds. The van der Waals surface area contributed by atoms with E-state index in [4.69, 9.17) is 5.73 Å². The number of hydrogen-bond donors (Lipinski definition) is 2. The Bertz CT molecular complexity index is 383. The molecule has 1 unspecified atom stereocenters. The average molecular weight is 227 g/mol. The van der Waals surface area contributed by atoms with Crippen molar-refractivity contribution >= 4 is 5.97 Å². The van der Waals surface area contributed by atoms with E-state index in [1.165, 1.54) is 18.0 Å². The van der Waals surface area contributed by atoms with E-state index in [9.17, 15) is 9.90 Å². The third kappa shape index (κ3) is 1.94. The molecule has 0 bridgehead atoms. The molecule has 1 heterocycles. The van der Waals surface area contributed by atoms with E-state index in [-0.39, 0.29) is 13.2 Å². The smallest absolute Gasteiger partial charge is 0.341 e. The first kappa shape index (κ1) is 12.7. The minimum absolute atomic E-state index is 0.160. The molecule has 90 valence electrons. The van der Waals surface area contributed by atoms with Crippen molar-refractivity contribution in [3.63, 3.8) is 0 Å². The molecule has 0 saturated heterocycles. The number of aryl methyl sites for hydroxylation is 1. The number of ether oxygens (including phenoxy) is 1. The van der Waals surface area contributed by atoms with Crippen LogP contribution in [0.3, 0.4) is 0 Å². The van der Waals surface area contributed by atoms with Crippen molar-refractivity contribution in [2.45, 2.75) is 12.3 Å². The van der Waals surface area contributed by atoms with Crippen molar-refractivity contribution in [1.29, 1.82) is 0 Å². The second-order valence-electron chi connectivity index (χ2n) is 3.94. The normalized spacial score (nSPS) is 14.6. The molecule has 0 aliphatic rings. The van der Waals surface area contributed by atoms with E-state index >= 15 is 0 Å². The number of carbonyl (C=O) groups is 1. The molecule has 0 fully saturated rings.